The lowest BCUT2D eigenvalue weighted by atomic mass is 9.98. The molecule has 0 amide bonds. The van der Waals surface area contributed by atoms with Crippen molar-refractivity contribution in [3.8, 4) is 5.75 Å². The number of ether oxygens (including phenoxy) is 1. The van der Waals surface area contributed by atoms with Crippen molar-refractivity contribution < 1.29 is 13.2 Å². The number of aryl methyl sites for hydroxylation is 1. The highest BCUT2D eigenvalue weighted by Gasteiger charge is 2.36. The van der Waals surface area contributed by atoms with Crippen molar-refractivity contribution in [2.75, 3.05) is 12.9 Å². The predicted octanol–water partition coefficient (Wildman–Crippen LogP) is 4.71. The molecule has 6 nitrogen and oxygen atoms in total. The molecule has 0 bridgehead atoms. The number of hydrazone groups is 1. The molecule has 0 saturated carbocycles. The van der Waals surface area contributed by atoms with Crippen LogP contribution in [0.25, 0.3) is 10.9 Å². The average molecular weight is 444 g/mol. The molecule has 0 aliphatic carbocycles. The predicted molar refractivity (Wildman–Crippen MR) is 120 cm³/mol. The van der Waals surface area contributed by atoms with E-state index in [9.17, 15) is 8.42 Å². The fraction of sp³-hybridized carbons (Fsp3) is 0.273. The summed E-state index contributed by atoms with van der Waals surface area (Å²) >= 11 is 6.50. The number of halogens is 1. The van der Waals surface area contributed by atoms with Crippen LogP contribution in [0.2, 0.25) is 5.15 Å². The highest BCUT2D eigenvalue weighted by molar-refractivity contribution is 7.88. The maximum atomic E-state index is 12.5. The minimum Gasteiger partial charge on any atom is -0.494 e. The first-order valence-corrected chi connectivity index (χ1v) is 11.9. The Balaban J connectivity index is 1.78. The van der Waals surface area contributed by atoms with Gasteiger partial charge >= 0.3 is 0 Å². The molecule has 0 spiro atoms. The van der Waals surface area contributed by atoms with Crippen LogP contribution in [0.15, 0.2) is 53.6 Å². The van der Waals surface area contributed by atoms with Gasteiger partial charge in [-0.2, -0.15) is 9.52 Å². The zero-order chi connectivity index (χ0) is 21.5. The molecule has 4 rings (SSSR count). The number of hydrogen-bond donors (Lipinski definition) is 0. The fourth-order valence-corrected chi connectivity index (χ4v) is 4.75. The van der Waals surface area contributed by atoms with Gasteiger partial charge in [0.25, 0.3) is 0 Å². The normalized spacial score (nSPS) is 16.7. The van der Waals surface area contributed by atoms with Crippen LogP contribution in [0.4, 0.5) is 0 Å². The second-order valence-corrected chi connectivity index (χ2v) is 9.52. The lowest BCUT2D eigenvalue weighted by Crippen LogP contribution is -2.26. The van der Waals surface area contributed by atoms with Crippen molar-refractivity contribution >= 4 is 38.2 Å². The van der Waals surface area contributed by atoms with Crippen LogP contribution in [0.1, 0.15) is 36.1 Å². The largest absolute Gasteiger partial charge is 0.494 e. The van der Waals surface area contributed by atoms with E-state index in [4.69, 9.17) is 16.3 Å². The number of fused-ring (bicyclic) bond motifs is 1. The van der Waals surface area contributed by atoms with Gasteiger partial charge < -0.3 is 4.74 Å². The monoisotopic (exact) mass is 443 g/mol. The third kappa shape index (κ3) is 4.00. The third-order valence-electron chi connectivity index (χ3n) is 5.03. The van der Waals surface area contributed by atoms with Crippen LogP contribution in [0, 0.1) is 6.92 Å². The van der Waals surface area contributed by atoms with E-state index in [-0.39, 0.29) is 5.15 Å². The van der Waals surface area contributed by atoms with Gasteiger partial charge in [-0.3, -0.25) is 0 Å². The molecule has 8 heteroatoms. The van der Waals surface area contributed by atoms with Crippen LogP contribution in [0.5, 0.6) is 5.75 Å². The lowest BCUT2D eigenvalue weighted by Gasteiger charge is -2.22. The molecule has 1 atom stereocenters. The van der Waals surface area contributed by atoms with Crippen molar-refractivity contribution in [3.63, 3.8) is 0 Å². The average Bonchev–Trinajstić information content (AvgIpc) is 3.14. The number of rotatable bonds is 5. The van der Waals surface area contributed by atoms with Crippen LogP contribution in [-0.2, 0) is 10.0 Å². The fourth-order valence-electron chi connectivity index (χ4n) is 3.58. The summed E-state index contributed by atoms with van der Waals surface area (Å²) in [5.41, 5.74) is 4.05. The summed E-state index contributed by atoms with van der Waals surface area (Å²) in [6.45, 7) is 4.47. The number of hydrogen-bond acceptors (Lipinski definition) is 5. The third-order valence-corrected chi connectivity index (χ3v) is 6.35. The van der Waals surface area contributed by atoms with Gasteiger partial charge in [0.1, 0.15) is 10.9 Å². The quantitative estimate of drug-likeness (QED) is 0.535. The first kappa shape index (κ1) is 20.6. The molecule has 1 aliphatic heterocycles. The van der Waals surface area contributed by atoms with Gasteiger partial charge in [0.2, 0.25) is 10.0 Å². The van der Waals surface area contributed by atoms with Gasteiger partial charge in [-0.05, 0) is 43.7 Å². The summed E-state index contributed by atoms with van der Waals surface area (Å²) in [5.74, 6) is 0.725. The summed E-state index contributed by atoms with van der Waals surface area (Å²) in [6.07, 6.45) is 1.56. The second kappa shape index (κ2) is 7.89. The Bertz CT molecular complexity index is 1240. The molecule has 2 aromatic carbocycles. The number of pyridine rings is 1. The van der Waals surface area contributed by atoms with Gasteiger partial charge in [0.05, 0.1) is 30.1 Å². The highest BCUT2D eigenvalue weighted by Crippen LogP contribution is 2.38. The van der Waals surface area contributed by atoms with E-state index < -0.39 is 16.1 Å². The van der Waals surface area contributed by atoms with E-state index in [0.717, 1.165) is 38.4 Å². The molecule has 2 heterocycles. The number of benzene rings is 2. The van der Waals surface area contributed by atoms with E-state index >= 15 is 0 Å². The Hall–Kier alpha value is -2.64. The summed E-state index contributed by atoms with van der Waals surface area (Å²) in [7, 11) is -3.60. The Morgan fingerprint density at radius 3 is 2.57 bits per heavy atom. The van der Waals surface area contributed by atoms with E-state index in [2.05, 4.69) is 10.1 Å². The second-order valence-electron chi connectivity index (χ2n) is 7.32. The summed E-state index contributed by atoms with van der Waals surface area (Å²) in [6, 6.07) is 14.7. The zero-order valence-electron chi connectivity index (χ0n) is 17.0. The Morgan fingerprint density at radius 2 is 1.90 bits per heavy atom. The molecule has 3 aromatic rings. The number of sulfonamides is 1. The molecule has 156 valence electrons. The molecule has 0 N–H and O–H groups in total. The van der Waals surface area contributed by atoms with Crippen molar-refractivity contribution in [2.45, 2.75) is 26.3 Å². The maximum Gasteiger partial charge on any atom is 0.247 e. The number of nitrogens with zero attached hydrogens (tertiary/aromatic N) is 3. The Morgan fingerprint density at radius 1 is 1.17 bits per heavy atom. The molecule has 30 heavy (non-hydrogen) atoms. The van der Waals surface area contributed by atoms with E-state index in [1.54, 1.807) is 0 Å². The highest BCUT2D eigenvalue weighted by atomic mass is 35.5. The van der Waals surface area contributed by atoms with Crippen molar-refractivity contribution in [3.05, 3.63) is 70.4 Å². The molecule has 1 aromatic heterocycles. The Labute approximate surface area is 181 Å². The minimum absolute atomic E-state index is 0.269. The van der Waals surface area contributed by atoms with Gasteiger partial charge in [0.15, 0.2) is 0 Å². The first-order chi connectivity index (χ1) is 14.3. The SMILES string of the molecule is CCOc1ccc2nc(Cl)c([C@@H]3CC(c4ccc(C)cc4)=NN3S(C)(=O)=O)cc2c1. The molecular weight excluding hydrogens is 422 g/mol. The number of aromatic nitrogens is 1. The molecule has 0 unspecified atom stereocenters. The lowest BCUT2D eigenvalue weighted by molar-refractivity contribution is 0.340. The van der Waals surface area contributed by atoms with Crippen LogP contribution >= 0.6 is 11.6 Å². The van der Waals surface area contributed by atoms with Crippen molar-refractivity contribution in [2.24, 2.45) is 5.10 Å². The first-order valence-electron chi connectivity index (χ1n) is 9.63. The molecule has 0 saturated heterocycles. The molecule has 0 radical (unpaired) electrons. The molecule has 1 aliphatic rings. The standard InChI is InChI=1S/C22H22ClN3O3S/c1-4-29-17-9-10-19-16(11-17)12-18(22(23)24-19)21-13-20(25-26(21)30(3,27)28)15-7-5-14(2)6-8-15/h5-12,21H,4,13H2,1-3H3/t21-/m0/s1. The van der Waals surface area contributed by atoms with E-state index in [1.165, 1.54) is 0 Å². The van der Waals surface area contributed by atoms with Gasteiger partial charge in [0, 0.05) is 17.4 Å². The molecular formula is C22H22ClN3O3S. The minimum atomic E-state index is -3.60. The maximum absolute atomic E-state index is 12.5. The summed E-state index contributed by atoms with van der Waals surface area (Å²) in [5, 5.41) is 5.54. The Kier molecular flexibility index (Phi) is 5.42. The summed E-state index contributed by atoms with van der Waals surface area (Å²) < 4.78 is 31.7. The topological polar surface area (TPSA) is 71.9 Å². The van der Waals surface area contributed by atoms with Crippen LogP contribution < -0.4 is 4.74 Å². The van der Waals surface area contributed by atoms with Crippen LogP contribution in [0.3, 0.4) is 0 Å². The van der Waals surface area contributed by atoms with E-state index in [1.807, 2.05) is 62.4 Å². The van der Waals surface area contributed by atoms with E-state index in [0.29, 0.717) is 24.3 Å². The zero-order valence-corrected chi connectivity index (χ0v) is 18.5. The van der Waals surface area contributed by atoms with Crippen LogP contribution in [-0.4, -0.2) is 36.4 Å². The van der Waals surface area contributed by atoms with Gasteiger partial charge in [-0.1, -0.05) is 41.4 Å². The van der Waals surface area contributed by atoms with Gasteiger partial charge in [-0.15, -0.1) is 0 Å². The van der Waals surface area contributed by atoms with Gasteiger partial charge in [-0.25, -0.2) is 13.4 Å². The summed E-state index contributed by atoms with van der Waals surface area (Å²) in [4.78, 5) is 4.48. The van der Waals surface area contributed by atoms with Crippen molar-refractivity contribution in [1.29, 1.82) is 0 Å². The van der Waals surface area contributed by atoms with Crippen molar-refractivity contribution in [1.82, 2.24) is 9.40 Å². The molecule has 0 fully saturated rings. The smallest absolute Gasteiger partial charge is 0.247 e.